The molecule has 1 aromatic heterocycles. The summed E-state index contributed by atoms with van der Waals surface area (Å²) < 4.78 is 0. The minimum atomic E-state index is -0.614. The Hall–Kier alpha value is -1.59. The minimum Gasteiger partial charge on any atom is -0.351 e. The second kappa shape index (κ2) is 4.51. The number of anilines is 1. The van der Waals surface area contributed by atoms with E-state index in [-0.39, 0.29) is 0 Å². The maximum atomic E-state index is 10.6. The third-order valence-electron chi connectivity index (χ3n) is 1.87. The molecule has 82 valence electrons. The lowest BCUT2D eigenvalue weighted by Gasteiger charge is -1.96. The van der Waals surface area contributed by atoms with Crippen LogP contribution in [-0.4, -0.2) is 11.0 Å². The fraction of sp³-hybridized carbons (Fsp3) is 0. The number of nitrogens with zero attached hydrogens (tertiary/aromatic N) is 1. The summed E-state index contributed by atoms with van der Waals surface area (Å²) in [5.41, 5.74) is 6.72. The lowest BCUT2D eigenvalue weighted by Crippen LogP contribution is -2.18. The molecular formula is C10H8ClN3OS. The molecule has 0 fully saturated rings. The van der Waals surface area contributed by atoms with Gasteiger partial charge in [0.05, 0.1) is 5.69 Å². The highest BCUT2D eigenvalue weighted by atomic mass is 35.5. The van der Waals surface area contributed by atoms with Crippen LogP contribution in [0.5, 0.6) is 0 Å². The molecule has 1 heterocycles. The third-order valence-corrected chi connectivity index (χ3v) is 2.88. The van der Waals surface area contributed by atoms with E-state index < -0.39 is 6.03 Å². The molecule has 0 bridgehead atoms. The van der Waals surface area contributed by atoms with Gasteiger partial charge in [-0.1, -0.05) is 23.7 Å². The number of urea groups is 1. The number of amides is 2. The highest BCUT2D eigenvalue weighted by Gasteiger charge is 2.05. The van der Waals surface area contributed by atoms with Crippen molar-refractivity contribution in [2.75, 3.05) is 5.32 Å². The molecule has 0 aliphatic heterocycles. The average molecular weight is 254 g/mol. The van der Waals surface area contributed by atoms with Crippen LogP contribution in [0.2, 0.25) is 5.02 Å². The Morgan fingerprint density at radius 1 is 1.38 bits per heavy atom. The zero-order valence-electron chi connectivity index (χ0n) is 8.11. The van der Waals surface area contributed by atoms with Crippen LogP contribution in [-0.2, 0) is 0 Å². The molecule has 2 amide bonds. The lowest BCUT2D eigenvalue weighted by atomic mass is 10.2. The summed E-state index contributed by atoms with van der Waals surface area (Å²) in [6, 6.07) is 6.70. The Morgan fingerprint density at radius 2 is 2.06 bits per heavy atom. The van der Waals surface area contributed by atoms with Crippen molar-refractivity contribution in [1.29, 1.82) is 0 Å². The Balaban J connectivity index is 2.24. The summed E-state index contributed by atoms with van der Waals surface area (Å²) in [6.45, 7) is 0. The Bertz CT molecular complexity index is 509. The second-order valence-electron chi connectivity index (χ2n) is 3.03. The van der Waals surface area contributed by atoms with Crippen molar-refractivity contribution >= 4 is 34.1 Å². The molecule has 0 unspecified atom stereocenters. The van der Waals surface area contributed by atoms with Crippen LogP contribution in [0.3, 0.4) is 0 Å². The molecule has 2 aromatic rings. The summed E-state index contributed by atoms with van der Waals surface area (Å²) in [5.74, 6) is 0. The van der Waals surface area contributed by atoms with Crippen molar-refractivity contribution in [1.82, 2.24) is 4.98 Å². The van der Waals surface area contributed by atoms with Gasteiger partial charge in [-0.15, -0.1) is 11.3 Å². The number of carbonyl (C=O) groups is 1. The molecule has 2 rings (SSSR count). The van der Waals surface area contributed by atoms with Crippen LogP contribution < -0.4 is 11.1 Å². The van der Waals surface area contributed by atoms with E-state index in [1.54, 1.807) is 12.1 Å². The van der Waals surface area contributed by atoms with Gasteiger partial charge in [-0.2, -0.15) is 0 Å². The minimum absolute atomic E-state index is 0.484. The molecule has 0 aliphatic carbocycles. The number of halogens is 1. The molecule has 0 radical (unpaired) electrons. The van der Waals surface area contributed by atoms with Gasteiger partial charge >= 0.3 is 6.03 Å². The first-order valence-corrected chi connectivity index (χ1v) is 5.69. The highest BCUT2D eigenvalue weighted by molar-refractivity contribution is 7.14. The van der Waals surface area contributed by atoms with Crippen molar-refractivity contribution in [3.8, 4) is 11.3 Å². The van der Waals surface area contributed by atoms with Crippen molar-refractivity contribution in [2.45, 2.75) is 0 Å². The van der Waals surface area contributed by atoms with Crippen LogP contribution in [0.15, 0.2) is 29.6 Å². The number of thiazole rings is 1. The van der Waals surface area contributed by atoms with Gasteiger partial charge in [-0.3, -0.25) is 5.32 Å². The summed E-state index contributed by atoms with van der Waals surface area (Å²) in [6.07, 6.45) is 0. The molecule has 16 heavy (non-hydrogen) atoms. The number of aromatic nitrogens is 1. The SMILES string of the molecule is NC(=O)Nc1nc(-c2ccc(Cl)cc2)cs1. The molecule has 0 atom stereocenters. The lowest BCUT2D eigenvalue weighted by molar-refractivity contribution is 0.259. The number of nitrogens with one attached hydrogen (secondary N) is 1. The normalized spacial score (nSPS) is 10.1. The number of nitrogens with two attached hydrogens (primary N) is 1. The first-order valence-electron chi connectivity index (χ1n) is 4.43. The fourth-order valence-electron chi connectivity index (χ4n) is 1.19. The van der Waals surface area contributed by atoms with Gasteiger partial charge in [0.1, 0.15) is 0 Å². The third kappa shape index (κ3) is 2.50. The maximum absolute atomic E-state index is 10.6. The van der Waals surface area contributed by atoms with E-state index >= 15 is 0 Å². The summed E-state index contributed by atoms with van der Waals surface area (Å²) in [4.78, 5) is 14.8. The van der Waals surface area contributed by atoms with Crippen molar-refractivity contribution in [3.63, 3.8) is 0 Å². The van der Waals surface area contributed by atoms with Gasteiger partial charge in [-0.05, 0) is 12.1 Å². The maximum Gasteiger partial charge on any atom is 0.318 e. The van der Waals surface area contributed by atoms with Gasteiger partial charge < -0.3 is 5.73 Å². The molecule has 0 saturated heterocycles. The number of primary amides is 1. The number of hydrogen-bond acceptors (Lipinski definition) is 3. The molecule has 6 heteroatoms. The van der Waals surface area contributed by atoms with Gasteiger partial charge in [0.15, 0.2) is 5.13 Å². The molecule has 0 saturated carbocycles. The predicted molar refractivity (Wildman–Crippen MR) is 65.8 cm³/mol. The quantitative estimate of drug-likeness (QED) is 0.864. The Morgan fingerprint density at radius 3 is 2.69 bits per heavy atom. The zero-order valence-corrected chi connectivity index (χ0v) is 9.68. The molecule has 0 aliphatic rings. The molecule has 3 N–H and O–H groups in total. The molecule has 1 aromatic carbocycles. The monoisotopic (exact) mass is 253 g/mol. The van der Waals surface area contributed by atoms with Crippen LogP contribution in [0.1, 0.15) is 0 Å². The number of hydrogen-bond donors (Lipinski definition) is 2. The average Bonchev–Trinajstić information content (AvgIpc) is 2.66. The predicted octanol–water partition coefficient (Wildman–Crippen LogP) is 2.95. The molecular weight excluding hydrogens is 246 g/mol. The Kier molecular flexibility index (Phi) is 3.07. The smallest absolute Gasteiger partial charge is 0.318 e. The Labute approximate surface area is 101 Å². The molecule has 0 spiro atoms. The van der Waals surface area contributed by atoms with E-state index in [1.807, 2.05) is 17.5 Å². The topological polar surface area (TPSA) is 68.0 Å². The van der Waals surface area contributed by atoms with E-state index in [1.165, 1.54) is 11.3 Å². The van der Waals surface area contributed by atoms with Gasteiger partial charge in [0, 0.05) is 16.0 Å². The highest BCUT2D eigenvalue weighted by Crippen LogP contribution is 2.25. The van der Waals surface area contributed by atoms with Crippen LogP contribution in [0, 0.1) is 0 Å². The number of benzene rings is 1. The van der Waals surface area contributed by atoms with Crippen LogP contribution in [0.25, 0.3) is 11.3 Å². The van der Waals surface area contributed by atoms with Crippen molar-refractivity contribution in [3.05, 3.63) is 34.7 Å². The standard InChI is InChI=1S/C10H8ClN3OS/c11-7-3-1-6(2-4-7)8-5-16-10(13-8)14-9(12)15/h1-5H,(H3,12,13,14,15). The molecule has 4 nitrogen and oxygen atoms in total. The summed E-state index contributed by atoms with van der Waals surface area (Å²) in [5, 5.41) is 5.43. The zero-order chi connectivity index (χ0) is 11.5. The van der Waals surface area contributed by atoms with E-state index in [9.17, 15) is 4.79 Å². The van der Waals surface area contributed by atoms with E-state index in [2.05, 4.69) is 10.3 Å². The van der Waals surface area contributed by atoms with E-state index in [0.29, 0.717) is 10.2 Å². The van der Waals surface area contributed by atoms with E-state index in [4.69, 9.17) is 17.3 Å². The number of carbonyl (C=O) groups excluding carboxylic acids is 1. The summed E-state index contributed by atoms with van der Waals surface area (Å²) >= 11 is 7.10. The summed E-state index contributed by atoms with van der Waals surface area (Å²) in [7, 11) is 0. The van der Waals surface area contributed by atoms with Crippen molar-refractivity contribution < 1.29 is 4.79 Å². The van der Waals surface area contributed by atoms with Gasteiger partial charge in [-0.25, -0.2) is 9.78 Å². The fourth-order valence-corrected chi connectivity index (χ4v) is 2.04. The van der Waals surface area contributed by atoms with Crippen LogP contribution >= 0.6 is 22.9 Å². The van der Waals surface area contributed by atoms with Gasteiger partial charge in [0.25, 0.3) is 0 Å². The first-order chi connectivity index (χ1) is 7.65. The number of rotatable bonds is 2. The van der Waals surface area contributed by atoms with Gasteiger partial charge in [0.2, 0.25) is 0 Å². The van der Waals surface area contributed by atoms with Crippen molar-refractivity contribution in [2.24, 2.45) is 5.73 Å². The second-order valence-corrected chi connectivity index (χ2v) is 4.33. The van der Waals surface area contributed by atoms with E-state index in [0.717, 1.165) is 11.3 Å². The van der Waals surface area contributed by atoms with Crippen LogP contribution in [0.4, 0.5) is 9.93 Å². The largest absolute Gasteiger partial charge is 0.351 e. The first kappa shape index (κ1) is 10.9.